The molecule has 0 radical (unpaired) electrons. The predicted octanol–water partition coefficient (Wildman–Crippen LogP) is 5.14. The van der Waals surface area contributed by atoms with E-state index in [1.807, 2.05) is 36.4 Å². The fourth-order valence-corrected chi connectivity index (χ4v) is 3.26. The van der Waals surface area contributed by atoms with E-state index in [0.29, 0.717) is 16.5 Å². The van der Waals surface area contributed by atoms with E-state index in [2.05, 4.69) is 20.9 Å². The van der Waals surface area contributed by atoms with Crippen molar-refractivity contribution in [1.82, 2.24) is 4.98 Å². The van der Waals surface area contributed by atoms with Gasteiger partial charge in [-0.2, -0.15) is 0 Å². The van der Waals surface area contributed by atoms with Gasteiger partial charge in [-0.15, -0.1) is 11.3 Å². The molecule has 20 heavy (non-hydrogen) atoms. The molecule has 1 heterocycles. The van der Waals surface area contributed by atoms with Crippen LogP contribution in [0.2, 0.25) is 5.02 Å². The van der Waals surface area contributed by atoms with Crippen molar-refractivity contribution in [3.63, 3.8) is 0 Å². The Labute approximate surface area is 133 Å². The smallest absolute Gasteiger partial charge is 0.195 e. The molecule has 0 bridgehead atoms. The highest BCUT2D eigenvalue weighted by Gasteiger charge is 2.13. The number of ketones is 1. The molecule has 2 nitrogen and oxygen atoms in total. The van der Waals surface area contributed by atoms with Crippen LogP contribution in [0.15, 0.2) is 46.9 Å². The second-order valence-electron chi connectivity index (χ2n) is 4.34. The molecule has 0 aliphatic rings. The monoisotopic (exact) mass is 365 g/mol. The number of benzene rings is 2. The number of hydrogen-bond donors (Lipinski definition) is 0. The van der Waals surface area contributed by atoms with Gasteiger partial charge in [0.15, 0.2) is 10.8 Å². The first kappa shape index (κ1) is 13.7. The highest BCUT2D eigenvalue weighted by atomic mass is 79.9. The van der Waals surface area contributed by atoms with E-state index < -0.39 is 0 Å². The van der Waals surface area contributed by atoms with E-state index in [1.165, 1.54) is 11.3 Å². The molecule has 2 aromatic carbocycles. The second-order valence-corrected chi connectivity index (χ2v) is 6.63. The predicted molar refractivity (Wildman–Crippen MR) is 86.8 cm³/mol. The summed E-state index contributed by atoms with van der Waals surface area (Å²) in [4.78, 5) is 16.6. The van der Waals surface area contributed by atoms with Gasteiger partial charge in [0.05, 0.1) is 15.2 Å². The van der Waals surface area contributed by atoms with Gasteiger partial charge in [-0.25, -0.2) is 4.98 Å². The third-order valence-corrected chi connectivity index (χ3v) is 5.19. The first-order valence-corrected chi connectivity index (χ1v) is 7.95. The third kappa shape index (κ3) is 2.77. The van der Waals surface area contributed by atoms with E-state index in [9.17, 15) is 4.79 Å². The lowest BCUT2D eigenvalue weighted by Crippen LogP contribution is -2.02. The van der Waals surface area contributed by atoms with E-state index in [0.717, 1.165) is 20.3 Å². The molecular weight excluding hydrogens is 358 g/mol. The maximum Gasteiger partial charge on any atom is 0.195 e. The maximum atomic E-state index is 12.3. The Morgan fingerprint density at radius 3 is 2.80 bits per heavy atom. The number of nitrogens with zero attached hydrogens (tertiary/aromatic N) is 1. The van der Waals surface area contributed by atoms with Gasteiger partial charge in [-0.3, -0.25) is 4.79 Å². The van der Waals surface area contributed by atoms with Gasteiger partial charge in [0, 0.05) is 10.9 Å². The van der Waals surface area contributed by atoms with Crippen LogP contribution < -0.4 is 0 Å². The Morgan fingerprint density at radius 1 is 1.25 bits per heavy atom. The molecule has 0 saturated carbocycles. The number of carbonyl (C=O) groups excluding carboxylic acids is 1. The molecule has 100 valence electrons. The van der Waals surface area contributed by atoms with Crippen LogP contribution >= 0.6 is 38.9 Å². The third-order valence-electron chi connectivity index (χ3n) is 2.88. The summed E-state index contributed by atoms with van der Waals surface area (Å²) >= 11 is 10.8. The van der Waals surface area contributed by atoms with Crippen molar-refractivity contribution in [2.45, 2.75) is 6.42 Å². The molecule has 0 unspecified atom stereocenters. The first-order chi connectivity index (χ1) is 9.63. The van der Waals surface area contributed by atoms with Gasteiger partial charge in [0.1, 0.15) is 0 Å². The summed E-state index contributed by atoms with van der Waals surface area (Å²) in [5.41, 5.74) is 1.76. The Kier molecular flexibility index (Phi) is 3.87. The summed E-state index contributed by atoms with van der Waals surface area (Å²) in [6.45, 7) is 0. The minimum atomic E-state index is 0.0181. The minimum Gasteiger partial charge on any atom is -0.291 e. The van der Waals surface area contributed by atoms with Gasteiger partial charge in [-0.05, 0) is 45.8 Å². The van der Waals surface area contributed by atoms with E-state index in [4.69, 9.17) is 11.6 Å². The lowest BCUT2D eigenvalue weighted by atomic mass is 10.1. The Morgan fingerprint density at radius 2 is 2.05 bits per heavy atom. The van der Waals surface area contributed by atoms with Gasteiger partial charge >= 0.3 is 0 Å². The fraction of sp³-hybridized carbons (Fsp3) is 0.0667. The molecule has 0 atom stereocenters. The number of rotatable bonds is 3. The van der Waals surface area contributed by atoms with Crippen molar-refractivity contribution >= 4 is 54.9 Å². The zero-order chi connectivity index (χ0) is 14.1. The minimum absolute atomic E-state index is 0.0181. The van der Waals surface area contributed by atoms with E-state index >= 15 is 0 Å². The van der Waals surface area contributed by atoms with Crippen molar-refractivity contribution in [2.75, 3.05) is 0 Å². The van der Waals surface area contributed by atoms with Crippen LogP contribution in [-0.4, -0.2) is 10.8 Å². The topological polar surface area (TPSA) is 30.0 Å². The van der Waals surface area contributed by atoms with Crippen LogP contribution in [0.25, 0.3) is 10.2 Å². The highest BCUT2D eigenvalue weighted by molar-refractivity contribution is 9.10. The summed E-state index contributed by atoms with van der Waals surface area (Å²) in [5.74, 6) is 0.0181. The lowest BCUT2D eigenvalue weighted by molar-refractivity contribution is 0.0993. The molecule has 3 aromatic rings. The van der Waals surface area contributed by atoms with Crippen molar-refractivity contribution in [1.29, 1.82) is 0 Å². The van der Waals surface area contributed by atoms with Crippen molar-refractivity contribution in [3.8, 4) is 0 Å². The highest BCUT2D eigenvalue weighted by Crippen LogP contribution is 2.25. The number of halogens is 2. The van der Waals surface area contributed by atoms with Gasteiger partial charge in [-0.1, -0.05) is 29.8 Å². The number of aromatic nitrogens is 1. The number of hydrogen-bond acceptors (Lipinski definition) is 3. The molecule has 3 rings (SSSR count). The van der Waals surface area contributed by atoms with Crippen LogP contribution in [0.3, 0.4) is 0 Å². The molecule has 0 N–H and O–H groups in total. The van der Waals surface area contributed by atoms with Crippen molar-refractivity contribution in [3.05, 3.63) is 62.5 Å². The lowest BCUT2D eigenvalue weighted by Gasteiger charge is -2.01. The van der Waals surface area contributed by atoms with Gasteiger partial charge in [0.25, 0.3) is 0 Å². The summed E-state index contributed by atoms with van der Waals surface area (Å²) in [5, 5.41) is 1.16. The Hall–Kier alpha value is -1.23. The number of para-hydroxylation sites is 1. The molecule has 0 amide bonds. The van der Waals surface area contributed by atoms with Crippen LogP contribution in [0.4, 0.5) is 0 Å². The number of carbonyl (C=O) groups is 1. The molecule has 1 aromatic heterocycles. The largest absolute Gasteiger partial charge is 0.291 e. The maximum absolute atomic E-state index is 12.3. The molecule has 0 fully saturated rings. The molecule has 0 aliphatic heterocycles. The van der Waals surface area contributed by atoms with Crippen LogP contribution in [0.5, 0.6) is 0 Å². The van der Waals surface area contributed by atoms with E-state index in [1.54, 1.807) is 6.07 Å². The number of thiazole rings is 1. The number of fused-ring (bicyclic) bond motifs is 1. The summed E-state index contributed by atoms with van der Waals surface area (Å²) in [6, 6.07) is 13.3. The van der Waals surface area contributed by atoms with Crippen molar-refractivity contribution in [2.24, 2.45) is 0 Å². The zero-order valence-corrected chi connectivity index (χ0v) is 13.4. The summed E-state index contributed by atoms with van der Waals surface area (Å²) in [7, 11) is 0. The summed E-state index contributed by atoms with van der Waals surface area (Å²) in [6.07, 6.45) is 0.312. The quantitative estimate of drug-likeness (QED) is 0.601. The second kappa shape index (κ2) is 5.64. The van der Waals surface area contributed by atoms with Crippen LogP contribution in [0.1, 0.15) is 15.4 Å². The first-order valence-electron chi connectivity index (χ1n) is 5.96. The standard InChI is InChI=1S/C15H9BrClNOS/c16-10-6-5-9(7-11(10)17)8-13(19)15-18-12-3-1-2-4-14(12)20-15/h1-7H,8H2. The zero-order valence-electron chi connectivity index (χ0n) is 10.3. The van der Waals surface area contributed by atoms with Crippen LogP contribution in [0, 0.1) is 0 Å². The van der Waals surface area contributed by atoms with Gasteiger partial charge < -0.3 is 0 Å². The normalized spacial score (nSPS) is 10.9. The molecule has 0 aliphatic carbocycles. The molecule has 0 spiro atoms. The Bertz CT molecular complexity index is 766. The molecule has 0 saturated heterocycles. The average molecular weight is 367 g/mol. The average Bonchev–Trinajstić information content (AvgIpc) is 2.87. The summed E-state index contributed by atoms with van der Waals surface area (Å²) < 4.78 is 1.86. The molecule has 5 heteroatoms. The molecular formula is C15H9BrClNOS. The van der Waals surface area contributed by atoms with E-state index in [-0.39, 0.29) is 5.78 Å². The number of Topliss-reactive ketones (excluding diaryl/α,β-unsaturated/α-hetero) is 1. The van der Waals surface area contributed by atoms with Crippen molar-refractivity contribution < 1.29 is 4.79 Å². The van der Waals surface area contributed by atoms with Gasteiger partial charge in [0.2, 0.25) is 0 Å². The van der Waals surface area contributed by atoms with Crippen LogP contribution in [-0.2, 0) is 6.42 Å². The SMILES string of the molecule is O=C(Cc1ccc(Br)c(Cl)c1)c1nc2ccccc2s1. The fourth-order valence-electron chi connectivity index (χ4n) is 1.90. The Balaban J connectivity index is 1.86.